The van der Waals surface area contributed by atoms with Crippen LogP contribution >= 0.6 is 0 Å². The maximum absolute atomic E-state index is 12.4. The number of nitrogens with zero attached hydrogens (tertiary/aromatic N) is 1. The average molecular weight is 347 g/mol. The van der Waals surface area contributed by atoms with Gasteiger partial charge >= 0.3 is 0 Å². The van der Waals surface area contributed by atoms with E-state index in [0.717, 1.165) is 0 Å². The molecule has 6 heteroatoms. The van der Waals surface area contributed by atoms with E-state index in [4.69, 9.17) is 4.42 Å². The van der Waals surface area contributed by atoms with Gasteiger partial charge in [-0.05, 0) is 36.4 Å². The number of phenolic OH excluding ortho intramolecular Hbond substituents is 1. The third-order valence-electron chi connectivity index (χ3n) is 4.36. The monoisotopic (exact) mass is 347 g/mol. The van der Waals surface area contributed by atoms with Crippen LogP contribution in [0.15, 0.2) is 64.6 Å². The number of ketones is 1. The molecule has 0 aliphatic heterocycles. The van der Waals surface area contributed by atoms with Gasteiger partial charge in [-0.1, -0.05) is 12.1 Å². The van der Waals surface area contributed by atoms with Crippen molar-refractivity contribution in [2.45, 2.75) is 6.42 Å². The van der Waals surface area contributed by atoms with Crippen molar-refractivity contribution in [2.24, 2.45) is 0 Å². The van der Waals surface area contributed by atoms with E-state index in [-0.39, 0.29) is 17.2 Å². The molecule has 0 saturated carbocycles. The number of fused-ring (bicyclic) bond motifs is 1. The minimum atomic E-state index is -0.458. The molecule has 0 bridgehead atoms. The molecule has 1 aliphatic carbocycles. The van der Waals surface area contributed by atoms with E-state index in [1.165, 1.54) is 12.1 Å². The number of carbonyl (C=O) groups is 1. The van der Waals surface area contributed by atoms with Gasteiger partial charge in [0.2, 0.25) is 0 Å². The fourth-order valence-corrected chi connectivity index (χ4v) is 3.04. The van der Waals surface area contributed by atoms with Gasteiger partial charge in [0, 0.05) is 40.8 Å². The predicted molar refractivity (Wildman–Crippen MR) is 94.9 cm³/mol. The molecule has 0 unspecified atom stereocenters. The summed E-state index contributed by atoms with van der Waals surface area (Å²) in [4.78, 5) is 22.7. The number of phenols is 1. The average Bonchev–Trinajstić information content (AvgIpc) is 3.22. The molecule has 2 aromatic carbocycles. The number of nitro benzene ring substituents is 1. The second-order valence-electron chi connectivity index (χ2n) is 5.98. The summed E-state index contributed by atoms with van der Waals surface area (Å²) >= 11 is 0. The lowest BCUT2D eigenvalue weighted by molar-refractivity contribution is -0.384. The van der Waals surface area contributed by atoms with Crippen molar-refractivity contribution < 1.29 is 19.2 Å². The predicted octanol–water partition coefficient (Wildman–Crippen LogP) is 4.38. The van der Waals surface area contributed by atoms with Gasteiger partial charge in [-0.2, -0.15) is 0 Å². The molecular weight excluding hydrogens is 334 g/mol. The molecule has 0 amide bonds. The minimum absolute atomic E-state index is 0.0109. The highest BCUT2D eigenvalue weighted by molar-refractivity contribution is 6.15. The third kappa shape index (κ3) is 2.67. The molecule has 0 saturated heterocycles. The van der Waals surface area contributed by atoms with E-state index in [1.807, 2.05) is 0 Å². The maximum Gasteiger partial charge on any atom is 0.269 e. The minimum Gasteiger partial charge on any atom is -0.508 e. The summed E-state index contributed by atoms with van der Waals surface area (Å²) in [6, 6.07) is 14.4. The first-order valence-corrected chi connectivity index (χ1v) is 7.94. The van der Waals surface area contributed by atoms with Crippen molar-refractivity contribution in [1.29, 1.82) is 0 Å². The zero-order chi connectivity index (χ0) is 18.3. The molecule has 0 radical (unpaired) electrons. The number of nitro groups is 1. The lowest BCUT2D eigenvalue weighted by atomic mass is 10.1. The summed E-state index contributed by atoms with van der Waals surface area (Å²) in [7, 11) is 0. The van der Waals surface area contributed by atoms with Crippen LogP contribution in [0.5, 0.6) is 5.75 Å². The number of aromatic hydroxyl groups is 1. The lowest BCUT2D eigenvalue weighted by Gasteiger charge is -1.98. The smallest absolute Gasteiger partial charge is 0.269 e. The van der Waals surface area contributed by atoms with Crippen LogP contribution in [0.2, 0.25) is 0 Å². The van der Waals surface area contributed by atoms with Crippen molar-refractivity contribution in [3.8, 4) is 17.1 Å². The number of rotatable bonds is 3. The van der Waals surface area contributed by atoms with E-state index in [0.29, 0.717) is 40.2 Å². The third-order valence-corrected chi connectivity index (χ3v) is 4.36. The Morgan fingerprint density at radius 1 is 1.08 bits per heavy atom. The zero-order valence-electron chi connectivity index (χ0n) is 13.5. The first-order chi connectivity index (χ1) is 12.5. The molecular formula is C20H13NO5. The standard InChI is InChI=1S/C20H13NO5/c22-18-3-1-2-16-17(18)11-13(20(16)23)10-15-8-9-19(26-15)12-4-6-14(7-5-12)21(24)25/h1-10,22H,11H2. The van der Waals surface area contributed by atoms with Crippen LogP contribution in [0, 0.1) is 10.1 Å². The van der Waals surface area contributed by atoms with Crippen LogP contribution in [-0.4, -0.2) is 15.8 Å². The largest absolute Gasteiger partial charge is 0.508 e. The number of Topliss-reactive ketones (excluding diaryl/α,β-unsaturated/α-hetero) is 1. The summed E-state index contributed by atoms with van der Waals surface area (Å²) in [6.45, 7) is 0. The highest BCUT2D eigenvalue weighted by atomic mass is 16.6. The van der Waals surface area contributed by atoms with Crippen LogP contribution in [0.1, 0.15) is 21.7 Å². The number of carbonyl (C=O) groups excluding carboxylic acids is 1. The molecule has 128 valence electrons. The Morgan fingerprint density at radius 3 is 2.54 bits per heavy atom. The molecule has 1 heterocycles. The number of furan rings is 1. The molecule has 0 fully saturated rings. The molecule has 3 aromatic rings. The van der Waals surface area contributed by atoms with E-state index >= 15 is 0 Å². The van der Waals surface area contributed by atoms with Crippen LogP contribution in [0.25, 0.3) is 17.4 Å². The summed E-state index contributed by atoms with van der Waals surface area (Å²) in [6.07, 6.45) is 2.02. The molecule has 0 spiro atoms. The lowest BCUT2D eigenvalue weighted by Crippen LogP contribution is -1.94. The van der Waals surface area contributed by atoms with Gasteiger partial charge in [0.15, 0.2) is 5.78 Å². The van der Waals surface area contributed by atoms with Gasteiger partial charge in [-0.25, -0.2) is 0 Å². The van der Waals surface area contributed by atoms with Gasteiger partial charge in [-0.15, -0.1) is 0 Å². The van der Waals surface area contributed by atoms with Crippen LogP contribution in [0.3, 0.4) is 0 Å². The number of hydrogen-bond donors (Lipinski definition) is 1. The molecule has 0 atom stereocenters. The Kier molecular flexibility index (Phi) is 3.65. The van der Waals surface area contributed by atoms with Crippen LogP contribution in [0.4, 0.5) is 5.69 Å². The Labute approximate surface area is 148 Å². The summed E-state index contributed by atoms with van der Waals surface area (Å²) in [5.41, 5.74) is 2.41. The van der Waals surface area contributed by atoms with Gasteiger partial charge < -0.3 is 9.52 Å². The van der Waals surface area contributed by atoms with E-state index in [2.05, 4.69) is 0 Å². The summed E-state index contributed by atoms with van der Waals surface area (Å²) < 4.78 is 5.75. The van der Waals surface area contributed by atoms with Gasteiger partial charge in [0.05, 0.1) is 4.92 Å². The van der Waals surface area contributed by atoms with E-state index in [1.54, 1.807) is 48.5 Å². The Hall–Kier alpha value is -3.67. The highest BCUT2D eigenvalue weighted by Gasteiger charge is 2.27. The molecule has 1 aromatic heterocycles. The van der Waals surface area contributed by atoms with Gasteiger partial charge in [0.25, 0.3) is 5.69 Å². The molecule has 1 N–H and O–H groups in total. The number of benzene rings is 2. The Bertz CT molecular complexity index is 1060. The normalized spacial score (nSPS) is 14.6. The van der Waals surface area contributed by atoms with Crippen LogP contribution in [-0.2, 0) is 6.42 Å². The second-order valence-corrected chi connectivity index (χ2v) is 5.98. The first-order valence-electron chi connectivity index (χ1n) is 7.94. The fourth-order valence-electron chi connectivity index (χ4n) is 3.04. The molecule has 6 nitrogen and oxygen atoms in total. The zero-order valence-corrected chi connectivity index (χ0v) is 13.5. The SMILES string of the molecule is O=C1C(=Cc2ccc(-c3ccc([N+](=O)[O-])cc3)o2)Cc2c(O)cccc21. The van der Waals surface area contributed by atoms with Crippen molar-refractivity contribution in [2.75, 3.05) is 0 Å². The molecule has 1 aliphatic rings. The second kappa shape index (κ2) is 6.00. The van der Waals surface area contributed by atoms with Crippen molar-refractivity contribution in [1.82, 2.24) is 0 Å². The summed E-state index contributed by atoms with van der Waals surface area (Å²) in [5, 5.41) is 20.6. The van der Waals surface area contributed by atoms with Crippen molar-refractivity contribution >= 4 is 17.5 Å². The van der Waals surface area contributed by atoms with Gasteiger partial charge in [0.1, 0.15) is 17.3 Å². The first kappa shape index (κ1) is 15.8. The van der Waals surface area contributed by atoms with Gasteiger partial charge in [-0.3, -0.25) is 14.9 Å². The van der Waals surface area contributed by atoms with E-state index < -0.39 is 4.92 Å². The van der Waals surface area contributed by atoms with E-state index in [9.17, 15) is 20.0 Å². The fraction of sp³-hybridized carbons (Fsp3) is 0.0500. The van der Waals surface area contributed by atoms with Crippen molar-refractivity contribution in [3.63, 3.8) is 0 Å². The quantitative estimate of drug-likeness (QED) is 0.431. The summed E-state index contributed by atoms with van der Waals surface area (Å²) in [5.74, 6) is 1.06. The maximum atomic E-state index is 12.4. The van der Waals surface area contributed by atoms with Crippen molar-refractivity contribution in [3.05, 3.63) is 87.2 Å². The number of allylic oxidation sites excluding steroid dienone is 1. The number of non-ortho nitro benzene ring substituents is 1. The topological polar surface area (TPSA) is 93.6 Å². The Balaban J connectivity index is 1.61. The Morgan fingerprint density at radius 2 is 1.85 bits per heavy atom. The number of hydrogen-bond acceptors (Lipinski definition) is 5. The molecule has 26 heavy (non-hydrogen) atoms. The van der Waals surface area contributed by atoms with Crippen LogP contribution < -0.4 is 0 Å². The highest BCUT2D eigenvalue weighted by Crippen LogP contribution is 2.34. The molecule has 4 rings (SSSR count).